The Morgan fingerprint density at radius 2 is 1.96 bits per heavy atom. The first-order valence-electron chi connectivity index (χ1n) is 8.23. The molecule has 0 unspecified atom stereocenters. The number of nitrogens with one attached hydrogen (secondary N) is 1. The van der Waals surface area contributed by atoms with Crippen LogP contribution in [0.2, 0.25) is 0 Å². The van der Waals surface area contributed by atoms with E-state index in [2.05, 4.69) is 12.2 Å². The second-order valence-electron chi connectivity index (χ2n) is 6.21. The molecule has 2 aliphatic rings. The lowest BCUT2D eigenvalue weighted by atomic mass is 9.95. The van der Waals surface area contributed by atoms with Crippen molar-refractivity contribution in [2.75, 3.05) is 0 Å². The van der Waals surface area contributed by atoms with Gasteiger partial charge in [0.2, 0.25) is 0 Å². The Hall–Kier alpha value is -2.74. The van der Waals surface area contributed by atoms with Crippen LogP contribution in [0.25, 0.3) is 11.1 Å². The van der Waals surface area contributed by atoms with Crippen molar-refractivity contribution >= 4 is 17.4 Å². The Morgan fingerprint density at radius 1 is 1.12 bits per heavy atom. The van der Waals surface area contributed by atoms with Crippen LogP contribution in [-0.4, -0.2) is 6.21 Å². The summed E-state index contributed by atoms with van der Waals surface area (Å²) in [6.07, 6.45) is 9.95. The SMILES string of the molecule is N=C/C(=C\Cc1c(F)ccc2c1CC1=C2CC=C1)c1ccccc1. The summed E-state index contributed by atoms with van der Waals surface area (Å²) in [7, 11) is 0. The molecule has 0 radical (unpaired) electrons. The number of halogens is 1. The van der Waals surface area contributed by atoms with Crippen molar-refractivity contribution in [2.45, 2.75) is 19.3 Å². The Morgan fingerprint density at radius 3 is 2.75 bits per heavy atom. The third-order valence-corrected chi connectivity index (χ3v) is 4.88. The molecular formula is C22H18FN. The van der Waals surface area contributed by atoms with E-state index in [1.54, 1.807) is 6.07 Å². The Kier molecular flexibility index (Phi) is 3.73. The van der Waals surface area contributed by atoms with Gasteiger partial charge in [0.1, 0.15) is 5.82 Å². The van der Waals surface area contributed by atoms with Gasteiger partial charge in [0.15, 0.2) is 0 Å². The number of rotatable bonds is 4. The zero-order valence-electron chi connectivity index (χ0n) is 13.4. The van der Waals surface area contributed by atoms with Gasteiger partial charge in [0.05, 0.1) is 0 Å². The molecule has 2 aromatic carbocycles. The van der Waals surface area contributed by atoms with Gasteiger partial charge in [-0.15, -0.1) is 0 Å². The molecule has 0 bridgehead atoms. The summed E-state index contributed by atoms with van der Waals surface area (Å²) in [5.41, 5.74) is 7.59. The molecular weight excluding hydrogens is 297 g/mol. The smallest absolute Gasteiger partial charge is 0.127 e. The summed E-state index contributed by atoms with van der Waals surface area (Å²) < 4.78 is 14.5. The molecule has 0 spiro atoms. The Bertz CT molecular complexity index is 901. The van der Waals surface area contributed by atoms with Crippen LogP contribution in [0.1, 0.15) is 28.7 Å². The van der Waals surface area contributed by atoms with Gasteiger partial charge in [-0.1, -0.05) is 54.6 Å². The van der Waals surface area contributed by atoms with Crippen LogP contribution in [0.3, 0.4) is 0 Å². The fourth-order valence-electron chi connectivity index (χ4n) is 3.66. The Labute approximate surface area is 141 Å². The first-order chi connectivity index (χ1) is 11.8. The standard InChI is InChI=1S/C22H18FN/c23-22-12-11-19-18-8-4-7-16(18)13-21(19)20(22)10-9-17(14-24)15-5-2-1-3-6-15/h1-7,9,11-12,14,24H,8,10,13H2/b17-9+,24-14?. The van der Waals surface area contributed by atoms with E-state index in [1.165, 1.54) is 22.9 Å². The van der Waals surface area contributed by atoms with Crippen molar-refractivity contribution in [3.63, 3.8) is 0 Å². The second-order valence-corrected chi connectivity index (χ2v) is 6.21. The second kappa shape index (κ2) is 6.04. The maximum atomic E-state index is 14.5. The van der Waals surface area contributed by atoms with Gasteiger partial charge >= 0.3 is 0 Å². The zero-order valence-corrected chi connectivity index (χ0v) is 13.4. The highest BCUT2D eigenvalue weighted by atomic mass is 19.1. The monoisotopic (exact) mass is 315 g/mol. The van der Waals surface area contributed by atoms with E-state index in [9.17, 15) is 4.39 Å². The largest absolute Gasteiger partial charge is 0.308 e. The number of allylic oxidation sites excluding steroid dienone is 6. The predicted molar refractivity (Wildman–Crippen MR) is 97.7 cm³/mol. The molecule has 2 aliphatic carbocycles. The summed E-state index contributed by atoms with van der Waals surface area (Å²) in [6, 6.07) is 13.3. The third kappa shape index (κ3) is 2.44. The lowest BCUT2D eigenvalue weighted by molar-refractivity contribution is 0.612. The van der Waals surface area contributed by atoms with Crippen LogP contribution in [-0.2, 0) is 12.8 Å². The number of fused-ring (bicyclic) bond motifs is 2. The van der Waals surface area contributed by atoms with Gasteiger partial charge in [-0.25, -0.2) is 4.39 Å². The van der Waals surface area contributed by atoms with Crippen molar-refractivity contribution < 1.29 is 4.39 Å². The van der Waals surface area contributed by atoms with E-state index in [1.807, 2.05) is 42.5 Å². The molecule has 0 saturated carbocycles. The maximum absolute atomic E-state index is 14.5. The van der Waals surface area contributed by atoms with Crippen LogP contribution >= 0.6 is 0 Å². The molecule has 0 fully saturated rings. The van der Waals surface area contributed by atoms with Crippen LogP contribution in [0, 0.1) is 11.2 Å². The summed E-state index contributed by atoms with van der Waals surface area (Å²) in [5, 5.41) is 7.67. The zero-order chi connectivity index (χ0) is 16.5. The lowest BCUT2D eigenvalue weighted by Gasteiger charge is -2.11. The molecule has 0 amide bonds. The van der Waals surface area contributed by atoms with E-state index < -0.39 is 0 Å². The van der Waals surface area contributed by atoms with Crippen molar-refractivity contribution in [1.29, 1.82) is 5.41 Å². The first kappa shape index (κ1) is 14.8. The van der Waals surface area contributed by atoms with Gasteiger partial charge in [0, 0.05) is 6.21 Å². The summed E-state index contributed by atoms with van der Waals surface area (Å²) >= 11 is 0. The van der Waals surface area contributed by atoms with Crippen LogP contribution in [0.4, 0.5) is 4.39 Å². The van der Waals surface area contributed by atoms with Crippen molar-refractivity contribution in [1.82, 2.24) is 0 Å². The van der Waals surface area contributed by atoms with Crippen molar-refractivity contribution in [2.24, 2.45) is 0 Å². The normalized spacial score (nSPS) is 15.6. The maximum Gasteiger partial charge on any atom is 0.127 e. The van der Waals surface area contributed by atoms with Gasteiger partial charge in [0.25, 0.3) is 0 Å². The molecule has 0 heterocycles. The molecule has 1 nitrogen and oxygen atoms in total. The van der Waals surface area contributed by atoms with Crippen LogP contribution in [0.15, 0.2) is 66.3 Å². The molecule has 118 valence electrons. The highest BCUT2D eigenvalue weighted by Gasteiger charge is 2.25. The van der Waals surface area contributed by atoms with E-state index in [0.29, 0.717) is 6.42 Å². The topological polar surface area (TPSA) is 23.9 Å². The molecule has 0 aliphatic heterocycles. The number of benzene rings is 2. The quantitative estimate of drug-likeness (QED) is 0.733. The van der Waals surface area contributed by atoms with Gasteiger partial charge < -0.3 is 5.41 Å². The van der Waals surface area contributed by atoms with Gasteiger partial charge in [-0.05, 0) is 64.3 Å². The molecule has 2 aromatic rings. The van der Waals surface area contributed by atoms with Crippen LogP contribution in [0.5, 0.6) is 0 Å². The average molecular weight is 315 g/mol. The van der Waals surface area contributed by atoms with Crippen molar-refractivity contribution in [3.8, 4) is 0 Å². The van der Waals surface area contributed by atoms with Crippen molar-refractivity contribution in [3.05, 3.63) is 94.3 Å². The van der Waals surface area contributed by atoms with E-state index in [0.717, 1.165) is 35.1 Å². The molecule has 0 saturated heterocycles. The molecule has 0 aromatic heterocycles. The lowest BCUT2D eigenvalue weighted by Crippen LogP contribution is -1.99. The van der Waals surface area contributed by atoms with Gasteiger partial charge in [-0.2, -0.15) is 0 Å². The van der Waals surface area contributed by atoms with E-state index in [-0.39, 0.29) is 5.82 Å². The molecule has 4 rings (SSSR count). The van der Waals surface area contributed by atoms with E-state index in [4.69, 9.17) is 5.41 Å². The summed E-state index contributed by atoms with van der Waals surface area (Å²) in [5.74, 6) is -0.146. The Balaban J connectivity index is 1.68. The highest BCUT2D eigenvalue weighted by Crippen LogP contribution is 2.41. The fourth-order valence-corrected chi connectivity index (χ4v) is 3.66. The van der Waals surface area contributed by atoms with E-state index >= 15 is 0 Å². The molecule has 2 heteroatoms. The number of hydrogen-bond donors (Lipinski definition) is 1. The van der Waals surface area contributed by atoms with Crippen LogP contribution < -0.4 is 0 Å². The summed E-state index contributed by atoms with van der Waals surface area (Å²) in [6.45, 7) is 0. The first-order valence-corrected chi connectivity index (χ1v) is 8.23. The minimum absolute atomic E-state index is 0.146. The molecule has 24 heavy (non-hydrogen) atoms. The minimum Gasteiger partial charge on any atom is -0.308 e. The summed E-state index contributed by atoms with van der Waals surface area (Å²) in [4.78, 5) is 0. The third-order valence-electron chi connectivity index (χ3n) is 4.88. The molecule has 0 atom stereocenters. The predicted octanol–water partition coefficient (Wildman–Crippen LogP) is 5.37. The highest BCUT2D eigenvalue weighted by molar-refractivity contribution is 6.08. The fraction of sp³-hybridized carbons (Fsp3) is 0.136. The average Bonchev–Trinajstić information content (AvgIpc) is 3.19. The minimum atomic E-state index is -0.146. The number of hydrogen-bond acceptors (Lipinski definition) is 1. The van der Waals surface area contributed by atoms with Gasteiger partial charge in [-0.3, -0.25) is 0 Å². The molecule has 1 N–H and O–H groups in total.